The third kappa shape index (κ3) is 1.92. The van der Waals surface area contributed by atoms with E-state index in [1.165, 1.54) is 0 Å². The van der Waals surface area contributed by atoms with Crippen LogP contribution in [0.3, 0.4) is 0 Å². The van der Waals surface area contributed by atoms with Gasteiger partial charge in [-0.3, -0.25) is 4.79 Å². The summed E-state index contributed by atoms with van der Waals surface area (Å²) in [5, 5.41) is 2.94. The van der Waals surface area contributed by atoms with Crippen LogP contribution in [0.4, 0.5) is 5.69 Å². The van der Waals surface area contributed by atoms with Crippen molar-refractivity contribution in [2.24, 2.45) is 0 Å². The zero-order valence-corrected chi connectivity index (χ0v) is 9.65. The molecule has 2 nitrogen and oxygen atoms in total. The highest BCUT2D eigenvalue weighted by molar-refractivity contribution is 8.03. The summed E-state index contributed by atoms with van der Waals surface area (Å²) in [4.78, 5) is 14.1. The number of hydrogen-bond donors (Lipinski definition) is 1. The summed E-state index contributed by atoms with van der Waals surface area (Å²) >= 11 is 1.67. The molecule has 0 unspecified atom stereocenters. The van der Waals surface area contributed by atoms with Crippen molar-refractivity contribution in [1.29, 1.82) is 0 Å². The fourth-order valence-electron chi connectivity index (χ4n) is 1.65. The van der Waals surface area contributed by atoms with Crippen molar-refractivity contribution in [2.45, 2.75) is 25.2 Å². The first-order valence-corrected chi connectivity index (χ1v) is 5.82. The van der Waals surface area contributed by atoms with Crippen LogP contribution >= 0.6 is 11.8 Å². The van der Waals surface area contributed by atoms with E-state index in [4.69, 9.17) is 0 Å². The molecule has 1 aliphatic rings. The molecule has 0 bridgehead atoms. The van der Waals surface area contributed by atoms with E-state index in [-0.39, 0.29) is 5.91 Å². The molecule has 0 fully saturated rings. The summed E-state index contributed by atoms with van der Waals surface area (Å²) in [6.07, 6.45) is 0.776. The maximum Gasteiger partial charge on any atom is 0.252 e. The first-order chi connectivity index (χ1) is 7.22. The molecule has 0 aliphatic carbocycles. The van der Waals surface area contributed by atoms with Gasteiger partial charge in [0.05, 0.1) is 5.69 Å². The van der Waals surface area contributed by atoms with Gasteiger partial charge in [-0.2, -0.15) is 0 Å². The molecule has 0 saturated heterocycles. The van der Waals surface area contributed by atoms with Crippen LogP contribution < -0.4 is 5.32 Å². The van der Waals surface area contributed by atoms with Crippen molar-refractivity contribution in [3.05, 3.63) is 34.7 Å². The van der Waals surface area contributed by atoms with Crippen LogP contribution in [0.1, 0.15) is 20.3 Å². The van der Waals surface area contributed by atoms with E-state index in [9.17, 15) is 4.79 Å². The number of carbonyl (C=O) groups excluding carboxylic acids is 1. The van der Waals surface area contributed by atoms with Crippen molar-refractivity contribution in [3.63, 3.8) is 0 Å². The highest BCUT2D eigenvalue weighted by atomic mass is 32.2. The number of nitrogens with one attached hydrogen (secondary N) is 1. The van der Waals surface area contributed by atoms with Crippen molar-refractivity contribution in [2.75, 3.05) is 5.32 Å². The molecule has 1 aromatic rings. The number of allylic oxidation sites excluding steroid dienone is 1. The molecule has 0 radical (unpaired) electrons. The van der Waals surface area contributed by atoms with E-state index in [1.807, 2.05) is 38.1 Å². The number of fused-ring (bicyclic) bond motifs is 1. The first kappa shape index (κ1) is 10.3. The van der Waals surface area contributed by atoms with Gasteiger partial charge in [-0.25, -0.2) is 0 Å². The van der Waals surface area contributed by atoms with Gasteiger partial charge >= 0.3 is 0 Å². The van der Waals surface area contributed by atoms with Crippen LogP contribution in [0.25, 0.3) is 0 Å². The van der Waals surface area contributed by atoms with Gasteiger partial charge in [-0.15, -0.1) is 0 Å². The molecule has 1 N–H and O–H groups in total. The maximum atomic E-state index is 11.8. The van der Waals surface area contributed by atoms with Gasteiger partial charge in [0.2, 0.25) is 0 Å². The van der Waals surface area contributed by atoms with Gasteiger partial charge in [0.15, 0.2) is 0 Å². The molecule has 0 atom stereocenters. The summed E-state index contributed by atoms with van der Waals surface area (Å²) in [6.45, 7) is 4.01. The molecule has 1 aliphatic heterocycles. The first-order valence-electron chi connectivity index (χ1n) is 5.00. The number of rotatable bonds is 1. The van der Waals surface area contributed by atoms with Crippen molar-refractivity contribution < 1.29 is 4.79 Å². The molecular weight excluding hydrogens is 206 g/mol. The lowest BCUT2D eigenvalue weighted by Crippen LogP contribution is -2.13. The Balaban J connectivity index is 2.46. The Labute approximate surface area is 93.8 Å². The van der Waals surface area contributed by atoms with Gasteiger partial charge < -0.3 is 5.32 Å². The number of para-hydroxylation sites is 1. The third-order valence-electron chi connectivity index (χ3n) is 2.45. The Morgan fingerprint density at radius 1 is 1.33 bits per heavy atom. The summed E-state index contributed by atoms with van der Waals surface area (Å²) in [6, 6.07) is 7.89. The summed E-state index contributed by atoms with van der Waals surface area (Å²) in [7, 11) is 0. The highest BCUT2D eigenvalue weighted by Gasteiger charge is 2.18. The van der Waals surface area contributed by atoms with Crippen LogP contribution in [0.2, 0.25) is 0 Å². The minimum atomic E-state index is 0.0347. The average molecular weight is 219 g/mol. The van der Waals surface area contributed by atoms with E-state index in [2.05, 4.69) is 5.32 Å². The minimum Gasteiger partial charge on any atom is -0.321 e. The summed E-state index contributed by atoms with van der Waals surface area (Å²) in [5.74, 6) is 0.0347. The van der Waals surface area contributed by atoms with Crippen LogP contribution in [0, 0.1) is 0 Å². The van der Waals surface area contributed by atoms with Gasteiger partial charge in [0, 0.05) is 10.5 Å². The molecule has 1 heterocycles. The number of benzene rings is 1. The zero-order valence-electron chi connectivity index (χ0n) is 8.83. The van der Waals surface area contributed by atoms with Gasteiger partial charge in [0.25, 0.3) is 5.91 Å². The van der Waals surface area contributed by atoms with Gasteiger partial charge in [-0.05, 0) is 30.4 Å². The Hall–Kier alpha value is -1.22. The molecule has 0 spiro atoms. The molecule has 78 valence electrons. The average Bonchev–Trinajstić information content (AvgIpc) is 2.33. The van der Waals surface area contributed by atoms with Gasteiger partial charge in [-0.1, -0.05) is 30.8 Å². The summed E-state index contributed by atoms with van der Waals surface area (Å²) < 4.78 is 0. The predicted molar refractivity (Wildman–Crippen MR) is 63.9 cm³/mol. The van der Waals surface area contributed by atoms with E-state index < -0.39 is 0 Å². The smallest absolute Gasteiger partial charge is 0.252 e. The maximum absolute atomic E-state index is 11.8. The lowest BCUT2D eigenvalue weighted by molar-refractivity contribution is -0.113. The standard InChI is InChI=1S/C12H13NOS/c1-3-9-8(2)15-11-7-5-4-6-10(11)13-12(9)14/h4-7H,3H2,1-2H3,(H,13,14). The van der Waals surface area contributed by atoms with Crippen LogP contribution in [-0.2, 0) is 4.79 Å². The number of thioether (sulfide) groups is 1. The molecule has 15 heavy (non-hydrogen) atoms. The normalized spacial score (nSPS) is 15.7. The molecular formula is C12H13NOS. The fraction of sp³-hybridized carbons (Fsp3) is 0.250. The number of anilines is 1. The second-order valence-electron chi connectivity index (χ2n) is 3.44. The van der Waals surface area contributed by atoms with E-state index in [1.54, 1.807) is 11.8 Å². The Kier molecular flexibility index (Phi) is 2.82. The highest BCUT2D eigenvalue weighted by Crippen LogP contribution is 2.37. The monoisotopic (exact) mass is 219 g/mol. The Bertz CT molecular complexity index is 437. The van der Waals surface area contributed by atoms with E-state index in [0.29, 0.717) is 0 Å². The molecule has 3 heteroatoms. The molecule has 1 amide bonds. The van der Waals surface area contributed by atoms with Crippen molar-refractivity contribution in [1.82, 2.24) is 0 Å². The number of hydrogen-bond acceptors (Lipinski definition) is 2. The molecule has 0 saturated carbocycles. The third-order valence-corrected chi connectivity index (χ3v) is 3.58. The van der Waals surface area contributed by atoms with Crippen molar-refractivity contribution >= 4 is 23.4 Å². The second kappa shape index (κ2) is 4.11. The Morgan fingerprint density at radius 2 is 2.07 bits per heavy atom. The van der Waals surface area contributed by atoms with Crippen LogP contribution in [-0.4, -0.2) is 5.91 Å². The Morgan fingerprint density at radius 3 is 2.80 bits per heavy atom. The molecule has 2 rings (SSSR count). The van der Waals surface area contributed by atoms with E-state index >= 15 is 0 Å². The molecule has 0 aromatic heterocycles. The van der Waals surface area contributed by atoms with Crippen molar-refractivity contribution in [3.8, 4) is 0 Å². The van der Waals surface area contributed by atoms with Crippen LogP contribution in [0.5, 0.6) is 0 Å². The second-order valence-corrected chi connectivity index (χ2v) is 4.70. The topological polar surface area (TPSA) is 29.1 Å². The zero-order chi connectivity index (χ0) is 10.8. The summed E-state index contributed by atoms with van der Waals surface area (Å²) in [5.41, 5.74) is 1.80. The molecule has 1 aromatic carbocycles. The quantitative estimate of drug-likeness (QED) is 0.784. The number of amides is 1. The fourth-order valence-corrected chi connectivity index (χ4v) is 2.72. The largest absolute Gasteiger partial charge is 0.321 e. The lowest BCUT2D eigenvalue weighted by Gasteiger charge is -2.05. The minimum absolute atomic E-state index is 0.0347. The number of carbonyl (C=O) groups is 1. The van der Waals surface area contributed by atoms with Crippen LogP contribution in [0.15, 0.2) is 39.6 Å². The predicted octanol–water partition coefficient (Wildman–Crippen LogP) is 3.41. The lowest BCUT2D eigenvalue weighted by atomic mass is 10.2. The SMILES string of the molecule is CCC1=C(C)Sc2ccccc2NC1=O. The van der Waals surface area contributed by atoms with Gasteiger partial charge in [0.1, 0.15) is 0 Å². The van der Waals surface area contributed by atoms with E-state index in [0.717, 1.165) is 27.5 Å².